The van der Waals surface area contributed by atoms with Gasteiger partial charge in [0.15, 0.2) is 0 Å². The van der Waals surface area contributed by atoms with Gasteiger partial charge in [0, 0.05) is 17.5 Å². The lowest BCUT2D eigenvalue weighted by atomic mass is 10.1. The highest BCUT2D eigenvalue weighted by molar-refractivity contribution is 5.28. The minimum absolute atomic E-state index is 0.596. The largest absolute Gasteiger partial charge is 0.489 e. The number of hydrogen-bond acceptors (Lipinski definition) is 1. The molecule has 4 rings (SSSR count). The highest BCUT2D eigenvalue weighted by Crippen LogP contribution is 2.15. The van der Waals surface area contributed by atoms with Gasteiger partial charge in [-0.2, -0.15) is 0 Å². The van der Waals surface area contributed by atoms with E-state index in [0.29, 0.717) is 6.61 Å². The molecule has 0 aliphatic rings. The molecule has 0 radical (unpaired) electrons. The van der Waals surface area contributed by atoms with Crippen LogP contribution in [0, 0.1) is 0 Å². The molecule has 156 valence electrons. The lowest BCUT2D eigenvalue weighted by Crippen LogP contribution is -3.09. The second kappa shape index (κ2) is 11.1. The molecule has 2 nitrogen and oxygen atoms in total. The third-order valence-electron chi connectivity index (χ3n) is 5.51. The SMILES string of the molecule is c1ccc(CC[NH+](Cc2ccccc2)Cc2cccc(OCc3ccccc3)c2)cc1. The van der Waals surface area contributed by atoms with Gasteiger partial charge in [0.2, 0.25) is 0 Å². The van der Waals surface area contributed by atoms with Gasteiger partial charge < -0.3 is 9.64 Å². The zero-order valence-electron chi connectivity index (χ0n) is 17.9. The topological polar surface area (TPSA) is 13.7 Å². The average Bonchev–Trinajstić information content (AvgIpc) is 2.83. The molecule has 0 saturated carbocycles. The van der Waals surface area contributed by atoms with E-state index < -0.39 is 0 Å². The van der Waals surface area contributed by atoms with Crippen molar-refractivity contribution < 1.29 is 9.64 Å². The number of ether oxygens (including phenoxy) is 1. The van der Waals surface area contributed by atoms with Gasteiger partial charge in [-0.15, -0.1) is 0 Å². The number of benzene rings is 4. The molecule has 0 amide bonds. The first kappa shape index (κ1) is 20.9. The van der Waals surface area contributed by atoms with E-state index in [9.17, 15) is 0 Å². The van der Waals surface area contributed by atoms with Crippen molar-refractivity contribution in [3.8, 4) is 5.75 Å². The molecule has 4 aromatic rings. The maximum atomic E-state index is 6.05. The maximum Gasteiger partial charge on any atom is 0.120 e. The summed E-state index contributed by atoms with van der Waals surface area (Å²) in [4.78, 5) is 1.55. The van der Waals surface area contributed by atoms with Crippen LogP contribution in [0.15, 0.2) is 115 Å². The average molecular weight is 409 g/mol. The number of quaternary nitrogens is 1. The molecule has 0 bridgehead atoms. The molecular formula is C29H30NO+. The number of rotatable bonds is 10. The molecule has 0 saturated heterocycles. The van der Waals surface area contributed by atoms with Crippen LogP contribution in [0.4, 0.5) is 0 Å². The van der Waals surface area contributed by atoms with Crippen LogP contribution in [-0.2, 0) is 26.1 Å². The summed E-state index contributed by atoms with van der Waals surface area (Å²) in [6, 6.07) is 40.4. The zero-order valence-corrected chi connectivity index (χ0v) is 17.9. The van der Waals surface area contributed by atoms with E-state index in [2.05, 4.69) is 91.0 Å². The van der Waals surface area contributed by atoms with E-state index in [1.54, 1.807) is 4.90 Å². The van der Waals surface area contributed by atoms with Gasteiger partial charge in [-0.25, -0.2) is 0 Å². The van der Waals surface area contributed by atoms with Gasteiger partial charge in [0.1, 0.15) is 25.4 Å². The molecule has 1 atom stereocenters. The molecule has 1 unspecified atom stereocenters. The third kappa shape index (κ3) is 6.84. The minimum Gasteiger partial charge on any atom is -0.489 e. The Balaban J connectivity index is 1.42. The van der Waals surface area contributed by atoms with E-state index in [-0.39, 0.29) is 0 Å². The fourth-order valence-electron chi connectivity index (χ4n) is 3.86. The predicted octanol–water partition coefficient (Wildman–Crippen LogP) is 5.09. The van der Waals surface area contributed by atoms with Crippen molar-refractivity contribution in [3.63, 3.8) is 0 Å². The summed E-state index contributed by atoms with van der Waals surface area (Å²) in [5, 5.41) is 0. The fraction of sp³-hybridized carbons (Fsp3) is 0.172. The van der Waals surface area contributed by atoms with Crippen molar-refractivity contribution in [2.45, 2.75) is 26.1 Å². The molecule has 31 heavy (non-hydrogen) atoms. The van der Waals surface area contributed by atoms with E-state index in [1.807, 2.05) is 24.3 Å². The maximum absolute atomic E-state index is 6.05. The van der Waals surface area contributed by atoms with Crippen LogP contribution in [0.5, 0.6) is 5.75 Å². The van der Waals surface area contributed by atoms with Crippen molar-refractivity contribution in [3.05, 3.63) is 138 Å². The lowest BCUT2D eigenvalue weighted by Gasteiger charge is -2.20. The van der Waals surface area contributed by atoms with Crippen molar-refractivity contribution >= 4 is 0 Å². The summed E-state index contributed by atoms with van der Waals surface area (Å²) in [7, 11) is 0. The Labute approximate surface area is 185 Å². The fourth-order valence-corrected chi connectivity index (χ4v) is 3.86. The number of nitrogens with one attached hydrogen (secondary N) is 1. The Hall–Kier alpha value is -3.36. The van der Waals surface area contributed by atoms with Crippen LogP contribution >= 0.6 is 0 Å². The van der Waals surface area contributed by atoms with Gasteiger partial charge in [-0.1, -0.05) is 103 Å². The van der Waals surface area contributed by atoms with Gasteiger partial charge in [-0.3, -0.25) is 0 Å². The summed E-state index contributed by atoms with van der Waals surface area (Å²) in [5.41, 5.74) is 5.27. The quantitative estimate of drug-likeness (QED) is 0.386. The van der Waals surface area contributed by atoms with Gasteiger partial charge in [0.25, 0.3) is 0 Å². The van der Waals surface area contributed by atoms with Crippen molar-refractivity contribution in [1.29, 1.82) is 0 Å². The van der Waals surface area contributed by atoms with Crippen LogP contribution in [0.2, 0.25) is 0 Å². The summed E-state index contributed by atoms with van der Waals surface area (Å²) in [6.45, 7) is 3.68. The summed E-state index contributed by atoms with van der Waals surface area (Å²) in [5.74, 6) is 0.934. The highest BCUT2D eigenvalue weighted by Gasteiger charge is 2.12. The molecule has 0 aliphatic carbocycles. The molecular weight excluding hydrogens is 378 g/mol. The Morgan fingerprint density at radius 3 is 1.74 bits per heavy atom. The van der Waals surface area contributed by atoms with E-state index >= 15 is 0 Å². The lowest BCUT2D eigenvalue weighted by molar-refractivity contribution is -0.927. The monoisotopic (exact) mass is 408 g/mol. The Morgan fingerprint density at radius 2 is 1.06 bits per heavy atom. The summed E-state index contributed by atoms with van der Waals surface area (Å²) in [6.07, 6.45) is 1.08. The van der Waals surface area contributed by atoms with Crippen molar-refractivity contribution in [1.82, 2.24) is 0 Å². The molecule has 1 N–H and O–H groups in total. The smallest absolute Gasteiger partial charge is 0.120 e. The second-order valence-corrected chi connectivity index (χ2v) is 8.00. The van der Waals surface area contributed by atoms with Crippen LogP contribution in [0.1, 0.15) is 22.3 Å². The van der Waals surface area contributed by atoms with Gasteiger partial charge >= 0.3 is 0 Å². The molecule has 0 fully saturated rings. The van der Waals surface area contributed by atoms with Crippen molar-refractivity contribution in [2.24, 2.45) is 0 Å². The summed E-state index contributed by atoms with van der Waals surface area (Å²) < 4.78 is 6.05. The normalized spacial score (nSPS) is 11.7. The molecule has 0 aliphatic heterocycles. The zero-order chi connectivity index (χ0) is 21.1. The van der Waals surface area contributed by atoms with Crippen LogP contribution in [0.25, 0.3) is 0 Å². The van der Waals surface area contributed by atoms with E-state index in [1.165, 1.54) is 22.3 Å². The highest BCUT2D eigenvalue weighted by atomic mass is 16.5. The standard InChI is InChI=1S/C29H29NO/c1-4-11-25(12-5-1)19-20-30(22-26-13-6-2-7-14-26)23-28-17-10-18-29(21-28)31-24-27-15-8-3-9-16-27/h1-18,21H,19-20,22-24H2/p+1. The third-order valence-corrected chi connectivity index (χ3v) is 5.51. The molecule has 4 aromatic carbocycles. The van der Waals surface area contributed by atoms with Crippen molar-refractivity contribution in [2.75, 3.05) is 6.54 Å². The predicted molar refractivity (Wildman–Crippen MR) is 127 cm³/mol. The Morgan fingerprint density at radius 1 is 0.516 bits per heavy atom. The van der Waals surface area contributed by atoms with Crippen LogP contribution < -0.4 is 9.64 Å². The van der Waals surface area contributed by atoms with Crippen LogP contribution in [0.3, 0.4) is 0 Å². The molecule has 0 aromatic heterocycles. The Kier molecular flexibility index (Phi) is 7.51. The first-order valence-corrected chi connectivity index (χ1v) is 11.0. The van der Waals surface area contributed by atoms with Gasteiger partial charge in [0.05, 0.1) is 6.54 Å². The molecule has 0 heterocycles. The second-order valence-electron chi connectivity index (χ2n) is 8.00. The van der Waals surface area contributed by atoms with Crippen LogP contribution in [-0.4, -0.2) is 6.54 Å². The van der Waals surface area contributed by atoms with E-state index in [0.717, 1.165) is 31.8 Å². The first-order chi connectivity index (χ1) is 15.3. The minimum atomic E-state index is 0.596. The van der Waals surface area contributed by atoms with Gasteiger partial charge in [-0.05, 0) is 23.3 Å². The van der Waals surface area contributed by atoms with E-state index in [4.69, 9.17) is 4.74 Å². The first-order valence-electron chi connectivity index (χ1n) is 11.0. The summed E-state index contributed by atoms with van der Waals surface area (Å²) >= 11 is 0. The Bertz CT molecular complexity index is 1030. The molecule has 2 heteroatoms. The number of hydrogen-bond donors (Lipinski definition) is 1. The molecule has 0 spiro atoms.